The van der Waals surface area contributed by atoms with Gasteiger partial charge in [-0.25, -0.2) is 4.79 Å². The molecular formula is C28H27N3O2. The van der Waals surface area contributed by atoms with E-state index in [2.05, 4.69) is 48.4 Å². The number of carbonyl (C=O) groups excluding carboxylic acids is 1. The standard InChI is InChI=1S/C28H27N3O2/c1-19-16-25-26(17-20(19)2)29-14-12-27(25)33-24-10-8-23(9-11-24)31-15-13-22(30-28(31)32)18-21-6-4-3-5-7-21/h3-12,14,16-17,22H,13,15,18H2,1-2H3,(H,30,32). The van der Waals surface area contributed by atoms with E-state index in [4.69, 9.17) is 4.74 Å². The average molecular weight is 438 g/mol. The molecular weight excluding hydrogens is 410 g/mol. The zero-order valence-electron chi connectivity index (χ0n) is 18.9. The van der Waals surface area contributed by atoms with Gasteiger partial charge in [0, 0.05) is 29.9 Å². The normalized spacial score (nSPS) is 16.0. The molecule has 0 spiro atoms. The van der Waals surface area contributed by atoms with Gasteiger partial charge in [-0.1, -0.05) is 30.3 Å². The molecule has 1 saturated heterocycles. The predicted molar refractivity (Wildman–Crippen MR) is 132 cm³/mol. The highest BCUT2D eigenvalue weighted by molar-refractivity contribution is 5.93. The number of rotatable bonds is 5. The summed E-state index contributed by atoms with van der Waals surface area (Å²) in [5.41, 5.74) is 5.44. The fraction of sp³-hybridized carbons (Fsp3) is 0.214. The fourth-order valence-corrected chi connectivity index (χ4v) is 4.30. The number of nitrogens with zero attached hydrogens (tertiary/aromatic N) is 2. The number of ether oxygens (including phenoxy) is 1. The fourth-order valence-electron chi connectivity index (χ4n) is 4.30. The molecule has 3 aromatic carbocycles. The van der Waals surface area contributed by atoms with Crippen molar-refractivity contribution in [1.82, 2.24) is 10.3 Å². The third kappa shape index (κ3) is 4.53. The number of benzene rings is 3. The number of hydrogen-bond donors (Lipinski definition) is 1. The molecule has 5 heteroatoms. The second kappa shape index (κ2) is 8.94. The van der Waals surface area contributed by atoms with Gasteiger partial charge in [0.15, 0.2) is 0 Å². The van der Waals surface area contributed by atoms with Crippen molar-refractivity contribution in [3.8, 4) is 11.5 Å². The number of carbonyl (C=O) groups is 1. The summed E-state index contributed by atoms with van der Waals surface area (Å²) in [6.07, 6.45) is 3.53. The van der Waals surface area contributed by atoms with Crippen molar-refractivity contribution < 1.29 is 9.53 Å². The Balaban J connectivity index is 1.27. The third-order valence-corrected chi connectivity index (χ3v) is 6.29. The number of pyridine rings is 1. The zero-order chi connectivity index (χ0) is 22.8. The van der Waals surface area contributed by atoms with Gasteiger partial charge in [-0.15, -0.1) is 0 Å². The summed E-state index contributed by atoms with van der Waals surface area (Å²) in [6, 6.07) is 24.2. The molecule has 5 rings (SSSR count). The second-order valence-electron chi connectivity index (χ2n) is 8.64. The largest absolute Gasteiger partial charge is 0.457 e. The van der Waals surface area contributed by atoms with Crippen LogP contribution >= 0.6 is 0 Å². The SMILES string of the molecule is Cc1cc2nccc(Oc3ccc(N4CCC(Cc5ccccc5)NC4=O)cc3)c2cc1C. The molecule has 2 heterocycles. The Hall–Kier alpha value is -3.86. The molecule has 0 aliphatic carbocycles. The van der Waals surface area contributed by atoms with Crippen molar-refractivity contribution in [3.63, 3.8) is 0 Å². The maximum Gasteiger partial charge on any atom is 0.322 e. The minimum absolute atomic E-state index is 0.0539. The van der Waals surface area contributed by atoms with E-state index >= 15 is 0 Å². The Morgan fingerprint density at radius 3 is 2.52 bits per heavy atom. The number of fused-ring (bicyclic) bond motifs is 1. The van der Waals surface area contributed by atoms with E-state index < -0.39 is 0 Å². The average Bonchev–Trinajstić information content (AvgIpc) is 2.82. The molecule has 33 heavy (non-hydrogen) atoms. The lowest BCUT2D eigenvalue weighted by atomic mass is 10.0. The van der Waals surface area contributed by atoms with Crippen LogP contribution in [0.2, 0.25) is 0 Å². The van der Waals surface area contributed by atoms with Crippen molar-refractivity contribution in [2.45, 2.75) is 32.7 Å². The molecule has 2 amide bonds. The molecule has 1 N–H and O–H groups in total. The van der Waals surface area contributed by atoms with Crippen molar-refractivity contribution in [1.29, 1.82) is 0 Å². The summed E-state index contributed by atoms with van der Waals surface area (Å²) in [4.78, 5) is 19.0. The lowest BCUT2D eigenvalue weighted by molar-refractivity contribution is 0.236. The third-order valence-electron chi connectivity index (χ3n) is 6.29. The molecule has 1 aromatic heterocycles. The number of amides is 2. The number of nitrogens with one attached hydrogen (secondary N) is 1. The van der Waals surface area contributed by atoms with E-state index in [1.165, 1.54) is 16.7 Å². The van der Waals surface area contributed by atoms with Crippen LogP contribution in [-0.2, 0) is 6.42 Å². The maximum absolute atomic E-state index is 12.8. The number of aromatic nitrogens is 1. The van der Waals surface area contributed by atoms with E-state index in [-0.39, 0.29) is 12.1 Å². The molecule has 0 bridgehead atoms. The van der Waals surface area contributed by atoms with Crippen LogP contribution in [0, 0.1) is 13.8 Å². The highest BCUT2D eigenvalue weighted by Gasteiger charge is 2.26. The van der Waals surface area contributed by atoms with Crippen molar-refractivity contribution in [3.05, 3.63) is 95.7 Å². The Bertz CT molecular complexity index is 1290. The molecule has 1 unspecified atom stereocenters. The predicted octanol–water partition coefficient (Wildman–Crippen LogP) is 6.17. The Kier molecular flexibility index (Phi) is 5.69. The van der Waals surface area contributed by atoms with Crippen LogP contribution in [-0.4, -0.2) is 23.6 Å². The first-order valence-corrected chi connectivity index (χ1v) is 11.3. The molecule has 4 aromatic rings. The lowest BCUT2D eigenvalue weighted by Crippen LogP contribution is -2.52. The zero-order valence-corrected chi connectivity index (χ0v) is 18.9. The van der Waals surface area contributed by atoms with E-state index in [9.17, 15) is 4.79 Å². The topological polar surface area (TPSA) is 54.5 Å². The molecule has 0 radical (unpaired) electrons. The van der Waals surface area contributed by atoms with Gasteiger partial charge in [-0.2, -0.15) is 0 Å². The Morgan fingerprint density at radius 2 is 1.76 bits per heavy atom. The smallest absolute Gasteiger partial charge is 0.322 e. The second-order valence-corrected chi connectivity index (χ2v) is 8.64. The summed E-state index contributed by atoms with van der Waals surface area (Å²) in [6.45, 7) is 4.87. The van der Waals surface area contributed by atoms with Crippen LogP contribution in [0.3, 0.4) is 0 Å². The minimum Gasteiger partial charge on any atom is -0.457 e. The van der Waals surface area contributed by atoms with Crippen molar-refractivity contribution in [2.24, 2.45) is 0 Å². The first-order valence-electron chi connectivity index (χ1n) is 11.3. The van der Waals surface area contributed by atoms with Gasteiger partial charge in [0.05, 0.1) is 5.52 Å². The van der Waals surface area contributed by atoms with Crippen LogP contribution < -0.4 is 15.0 Å². The van der Waals surface area contributed by atoms with Crippen molar-refractivity contribution >= 4 is 22.6 Å². The first kappa shape index (κ1) is 21.0. The van der Waals surface area contributed by atoms with Gasteiger partial charge in [0.2, 0.25) is 0 Å². The van der Waals surface area contributed by atoms with Gasteiger partial charge >= 0.3 is 6.03 Å². The molecule has 1 aliphatic heterocycles. The minimum atomic E-state index is -0.0539. The van der Waals surface area contributed by atoms with Crippen LogP contribution in [0.4, 0.5) is 10.5 Å². The number of anilines is 1. The number of urea groups is 1. The molecule has 1 fully saturated rings. The van der Waals surface area contributed by atoms with Crippen molar-refractivity contribution in [2.75, 3.05) is 11.4 Å². The van der Waals surface area contributed by atoms with E-state index in [1.807, 2.05) is 48.5 Å². The highest BCUT2D eigenvalue weighted by Crippen LogP contribution is 2.31. The summed E-state index contributed by atoms with van der Waals surface area (Å²) in [7, 11) is 0. The van der Waals surface area contributed by atoms with Gasteiger partial charge in [-0.05, 0) is 85.8 Å². The van der Waals surface area contributed by atoms with E-state index in [1.54, 1.807) is 11.1 Å². The van der Waals surface area contributed by atoms with Gasteiger partial charge in [0.1, 0.15) is 11.5 Å². The molecule has 1 aliphatic rings. The summed E-state index contributed by atoms with van der Waals surface area (Å²) in [5.74, 6) is 1.50. The van der Waals surface area contributed by atoms with E-state index in [0.717, 1.165) is 40.9 Å². The summed E-state index contributed by atoms with van der Waals surface area (Å²) in [5, 5.41) is 4.14. The highest BCUT2D eigenvalue weighted by atomic mass is 16.5. The first-order chi connectivity index (χ1) is 16.1. The summed E-state index contributed by atoms with van der Waals surface area (Å²) < 4.78 is 6.18. The van der Waals surface area contributed by atoms with Crippen LogP contribution in [0.5, 0.6) is 11.5 Å². The Morgan fingerprint density at radius 1 is 1.00 bits per heavy atom. The maximum atomic E-state index is 12.8. The van der Waals surface area contributed by atoms with Crippen LogP contribution in [0.15, 0.2) is 79.0 Å². The van der Waals surface area contributed by atoms with Crippen LogP contribution in [0.25, 0.3) is 10.9 Å². The summed E-state index contributed by atoms with van der Waals surface area (Å²) >= 11 is 0. The van der Waals surface area contributed by atoms with Gasteiger partial charge in [0.25, 0.3) is 0 Å². The van der Waals surface area contributed by atoms with Gasteiger partial charge < -0.3 is 10.1 Å². The van der Waals surface area contributed by atoms with Crippen LogP contribution in [0.1, 0.15) is 23.1 Å². The number of aryl methyl sites for hydroxylation is 2. The molecule has 166 valence electrons. The number of hydrogen-bond acceptors (Lipinski definition) is 3. The molecule has 0 saturated carbocycles. The lowest BCUT2D eigenvalue weighted by Gasteiger charge is -2.33. The quantitative estimate of drug-likeness (QED) is 0.406. The van der Waals surface area contributed by atoms with Gasteiger partial charge in [-0.3, -0.25) is 9.88 Å². The Labute approximate surface area is 194 Å². The molecule has 5 nitrogen and oxygen atoms in total. The van der Waals surface area contributed by atoms with E-state index in [0.29, 0.717) is 6.54 Å². The monoisotopic (exact) mass is 437 g/mol. The molecule has 1 atom stereocenters.